The van der Waals surface area contributed by atoms with Gasteiger partial charge in [-0.2, -0.15) is 0 Å². The third-order valence-electron chi connectivity index (χ3n) is 2.13. The second kappa shape index (κ2) is 5.69. The normalized spacial score (nSPS) is 11.2. The highest BCUT2D eigenvalue weighted by atomic mass is 79.9. The summed E-state index contributed by atoms with van der Waals surface area (Å²) < 4.78 is -0.513. The van der Waals surface area contributed by atoms with E-state index in [1.165, 1.54) is 0 Å². The van der Waals surface area contributed by atoms with Crippen LogP contribution in [0.4, 0.5) is 0 Å². The number of carbonyl (C=O) groups is 1. The Morgan fingerprint density at radius 2 is 2.19 bits per heavy atom. The highest BCUT2D eigenvalue weighted by Crippen LogP contribution is 2.15. The standard InChI is InChI=1S/C12H15BrClNO/c1-12(2,13)11(16)15-7-6-9-4-3-5-10(14)8-9/h3-5,8H,6-7H2,1-2H3,(H,15,16). The topological polar surface area (TPSA) is 29.1 Å². The van der Waals surface area contributed by atoms with Crippen molar-refractivity contribution in [3.05, 3.63) is 34.9 Å². The van der Waals surface area contributed by atoms with Crippen molar-refractivity contribution < 1.29 is 4.79 Å². The maximum absolute atomic E-state index is 11.5. The first-order valence-corrected chi connectivity index (χ1v) is 6.28. The van der Waals surface area contributed by atoms with Crippen LogP contribution in [0.5, 0.6) is 0 Å². The van der Waals surface area contributed by atoms with Crippen molar-refractivity contribution in [2.75, 3.05) is 6.54 Å². The Morgan fingerprint density at radius 1 is 1.50 bits per heavy atom. The van der Waals surface area contributed by atoms with Gasteiger partial charge >= 0.3 is 0 Å². The Labute approximate surface area is 110 Å². The first kappa shape index (κ1) is 13.5. The van der Waals surface area contributed by atoms with E-state index in [2.05, 4.69) is 21.2 Å². The first-order valence-electron chi connectivity index (χ1n) is 5.11. The molecule has 4 heteroatoms. The fourth-order valence-corrected chi connectivity index (χ4v) is 1.58. The second-order valence-electron chi connectivity index (χ2n) is 4.11. The predicted molar refractivity (Wildman–Crippen MR) is 71.2 cm³/mol. The zero-order valence-electron chi connectivity index (χ0n) is 9.39. The second-order valence-corrected chi connectivity index (χ2v) is 6.53. The van der Waals surface area contributed by atoms with Gasteiger partial charge in [-0.3, -0.25) is 4.79 Å². The number of rotatable bonds is 4. The van der Waals surface area contributed by atoms with E-state index in [4.69, 9.17) is 11.6 Å². The van der Waals surface area contributed by atoms with Crippen LogP contribution in [0.2, 0.25) is 5.02 Å². The van der Waals surface area contributed by atoms with Crippen molar-refractivity contribution in [1.82, 2.24) is 5.32 Å². The molecule has 0 unspecified atom stereocenters. The molecule has 0 aliphatic heterocycles. The molecule has 0 aliphatic rings. The van der Waals surface area contributed by atoms with Gasteiger partial charge in [-0.15, -0.1) is 0 Å². The van der Waals surface area contributed by atoms with E-state index in [1.54, 1.807) is 0 Å². The highest BCUT2D eigenvalue weighted by molar-refractivity contribution is 9.10. The fourth-order valence-electron chi connectivity index (χ4n) is 1.22. The molecule has 0 saturated carbocycles. The molecule has 0 aromatic heterocycles. The molecular formula is C12H15BrClNO. The van der Waals surface area contributed by atoms with Crippen molar-refractivity contribution >= 4 is 33.4 Å². The molecule has 0 aliphatic carbocycles. The van der Waals surface area contributed by atoms with Crippen molar-refractivity contribution in [3.8, 4) is 0 Å². The molecule has 0 saturated heterocycles. The number of benzene rings is 1. The summed E-state index contributed by atoms with van der Waals surface area (Å²) in [6, 6.07) is 7.66. The third kappa shape index (κ3) is 4.54. The van der Waals surface area contributed by atoms with Crippen molar-refractivity contribution in [2.24, 2.45) is 0 Å². The molecule has 88 valence electrons. The average Bonchev–Trinajstić information content (AvgIpc) is 2.16. The first-order chi connectivity index (χ1) is 7.39. The molecule has 1 amide bonds. The van der Waals surface area contributed by atoms with Crippen LogP contribution in [0.15, 0.2) is 24.3 Å². The molecule has 0 spiro atoms. The van der Waals surface area contributed by atoms with Crippen molar-refractivity contribution in [3.63, 3.8) is 0 Å². The lowest BCUT2D eigenvalue weighted by Gasteiger charge is -2.15. The van der Waals surface area contributed by atoms with E-state index >= 15 is 0 Å². The average molecular weight is 305 g/mol. The molecular weight excluding hydrogens is 289 g/mol. The van der Waals surface area contributed by atoms with Crippen molar-refractivity contribution in [2.45, 2.75) is 24.6 Å². The minimum Gasteiger partial charge on any atom is -0.355 e. The summed E-state index contributed by atoms with van der Waals surface area (Å²) in [6.07, 6.45) is 0.787. The smallest absolute Gasteiger partial charge is 0.236 e. The molecule has 1 aromatic rings. The SMILES string of the molecule is CC(C)(Br)C(=O)NCCc1cccc(Cl)c1. The monoisotopic (exact) mass is 303 g/mol. The van der Waals surface area contributed by atoms with Gasteiger partial charge in [0, 0.05) is 11.6 Å². The summed E-state index contributed by atoms with van der Waals surface area (Å²) in [5.74, 6) is -0.00507. The molecule has 0 radical (unpaired) electrons. The van der Waals surface area contributed by atoms with E-state index in [9.17, 15) is 4.79 Å². The van der Waals surface area contributed by atoms with E-state index in [0.29, 0.717) is 6.54 Å². The van der Waals surface area contributed by atoms with Crippen LogP contribution in [-0.4, -0.2) is 16.8 Å². The third-order valence-corrected chi connectivity index (χ3v) is 2.72. The van der Waals surface area contributed by atoms with Crippen LogP contribution in [0.1, 0.15) is 19.4 Å². The lowest BCUT2D eigenvalue weighted by atomic mass is 10.1. The molecule has 1 aromatic carbocycles. The zero-order chi connectivity index (χ0) is 12.2. The number of halogens is 2. The molecule has 0 heterocycles. The summed E-state index contributed by atoms with van der Waals surface area (Å²) in [5.41, 5.74) is 1.13. The number of amides is 1. The molecule has 1 N–H and O–H groups in total. The lowest BCUT2D eigenvalue weighted by Crippen LogP contribution is -2.38. The Hall–Kier alpha value is -0.540. The number of hydrogen-bond acceptors (Lipinski definition) is 1. The van der Waals surface area contributed by atoms with Gasteiger partial charge in [0.05, 0.1) is 4.32 Å². The molecule has 0 fully saturated rings. The Balaban J connectivity index is 2.39. The molecule has 1 rings (SSSR count). The summed E-state index contributed by atoms with van der Waals surface area (Å²) >= 11 is 9.17. The minimum atomic E-state index is -0.513. The van der Waals surface area contributed by atoms with E-state index < -0.39 is 4.32 Å². The Kier molecular flexibility index (Phi) is 4.81. The number of carbonyl (C=O) groups excluding carboxylic acids is 1. The summed E-state index contributed by atoms with van der Waals surface area (Å²) in [5, 5.41) is 3.59. The van der Waals surface area contributed by atoms with Crippen molar-refractivity contribution in [1.29, 1.82) is 0 Å². The van der Waals surface area contributed by atoms with E-state index in [1.807, 2.05) is 38.1 Å². The van der Waals surface area contributed by atoms with Gasteiger partial charge < -0.3 is 5.32 Å². The van der Waals surface area contributed by atoms with Gasteiger partial charge in [-0.05, 0) is 38.0 Å². The van der Waals surface area contributed by atoms with Gasteiger partial charge in [0.15, 0.2) is 0 Å². The molecule has 2 nitrogen and oxygen atoms in total. The largest absolute Gasteiger partial charge is 0.355 e. The van der Waals surface area contributed by atoms with Gasteiger partial charge in [-0.25, -0.2) is 0 Å². The Morgan fingerprint density at radius 3 is 2.75 bits per heavy atom. The fraction of sp³-hybridized carbons (Fsp3) is 0.417. The van der Waals surface area contributed by atoms with Crippen LogP contribution >= 0.6 is 27.5 Å². The zero-order valence-corrected chi connectivity index (χ0v) is 11.7. The van der Waals surface area contributed by atoms with Crippen LogP contribution in [0.25, 0.3) is 0 Å². The highest BCUT2D eigenvalue weighted by Gasteiger charge is 2.22. The number of hydrogen-bond donors (Lipinski definition) is 1. The quantitative estimate of drug-likeness (QED) is 0.851. The summed E-state index contributed by atoms with van der Waals surface area (Å²) in [6.45, 7) is 4.26. The maximum atomic E-state index is 11.5. The number of alkyl halides is 1. The maximum Gasteiger partial charge on any atom is 0.236 e. The molecule has 0 atom stereocenters. The summed E-state index contributed by atoms with van der Waals surface area (Å²) in [7, 11) is 0. The Bertz CT molecular complexity index is 374. The minimum absolute atomic E-state index is 0.00507. The van der Waals surface area contributed by atoms with Gasteiger partial charge in [0.25, 0.3) is 0 Å². The van der Waals surface area contributed by atoms with Crippen LogP contribution < -0.4 is 5.32 Å². The van der Waals surface area contributed by atoms with Gasteiger partial charge in [0.2, 0.25) is 5.91 Å². The van der Waals surface area contributed by atoms with Gasteiger partial charge in [-0.1, -0.05) is 39.7 Å². The molecule has 0 bridgehead atoms. The number of nitrogens with one attached hydrogen (secondary N) is 1. The van der Waals surface area contributed by atoms with Crippen LogP contribution in [-0.2, 0) is 11.2 Å². The van der Waals surface area contributed by atoms with Crippen LogP contribution in [0, 0.1) is 0 Å². The van der Waals surface area contributed by atoms with E-state index in [-0.39, 0.29) is 5.91 Å². The summed E-state index contributed by atoms with van der Waals surface area (Å²) in [4.78, 5) is 11.5. The lowest BCUT2D eigenvalue weighted by molar-refractivity contribution is -0.122. The predicted octanol–water partition coefficient (Wildman–Crippen LogP) is 3.17. The molecule has 16 heavy (non-hydrogen) atoms. The van der Waals surface area contributed by atoms with Gasteiger partial charge in [0.1, 0.15) is 0 Å². The van der Waals surface area contributed by atoms with Crippen LogP contribution in [0.3, 0.4) is 0 Å². The van der Waals surface area contributed by atoms with E-state index in [0.717, 1.165) is 17.0 Å².